The number of halogens is 1. The van der Waals surface area contributed by atoms with E-state index in [0.29, 0.717) is 21.4 Å². The van der Waals surface area contributed by atoms with E-state index in [0.717, 1.165) is 11.1 Å². The van der Waals surface area contributed by atoms with Gasteiger partial charge in [-0.2, -0.15) is 5.10 Å². The Morgan fingerprint density at radius 3 is 2.40 bits per heavy atom. The van der Waals surface area contributed by atoms with Gasteiger partial charge in [0, 0.05) is 15.8 Å². The van der Waals surface area contributed by atoms with Gasteiger partial charge < -0.3 is 15.5 Å². The second-order valence-corrected chi connectivity index (χ2v) is 6.47. The smallest absolute Gasteiger partial charge is 0.322 e. The number of aromatic hydroxyl groups is 1. The van der Waals surface area contributed by atoms with Crippen LogP contribution in [0.15, 0.2) is 48.8 Å². The number of benzene rings is 2. The molecule has 0 aliphatic rings. The van der Waals surface area contributed by atoms with Crippen LogP contribution in [0.25, 0.3) is 27.5 Å². The number of carboxylic acids is 1. The predicted molar refractivity (Wildman–Crippen MR) is 114 cm³/mol. The fourth-order valence-corrected chi connectivity index (χ4v) is 3.14. The van der Waals surface area contributed by atoms with E-state index in [9.17, 15) is 14.7 Å². The summed E-state index contributed by atoms with van der Waals surface area (Å²) in [5.41, 5.74) is 1.98. The number of carbonyl (C=O) groups excluding carboxylic acids is 1. The number of carboxylic acid groups (broad SMARTS) is 1. The molecule has 3 N–H and O–H groups in total. The predicted octanol–water partition coefficient (Wildman–Crippen LogP) is 3.75. The van der Waals surface area contributed by atoms with Gasteiger partial charge in [-0.1, -0.05) is 43.6 Å². The molecule has 8 nitrogen and oxygen atoms in total. The van der Waals surface area contributed by atoms with Crippen molar-refractivity contribution in [3.63, 3.8) is 0 Å². The monoisotopic (exact) mass is 426 g/mol. The van der Waals surface area contributed by atoms with Crippen LogP contribution in [0.3, 0.4) is 0 Å². The van der Waals surface area contributed by atoms with E-state index in [4.69, 9.17) is 16.7 Å². The third-order valence-corrected chi connectivity index (χ3v) is 4.54. The zero-order valence-corrected chi connectivity index (χ0v) is 17.0. The Labute approximate surface area is 176 Å². The van der Waals surface area contributed by atoms with Crippen molar-refractivity contribution in [2.24, 2.45) is 0 Å². The average molecular weight is 427 g/mol. The fraction of sp³-hybridized carbons (Fsp3) is 0.143. The van der Waals surface area contributed by atoms with Crippen LogP contribution >= 0.6 is 11.6 Å². The summed E-state index contributed by atoms with van der Waals surface area (Å²) in [5, 5.41) is 27.3. The maximum atomic E-state index is 12.4. The number of fused-ring (bicyclic) bond motifs is 3. The minimum Gasteiger partial charge on any atom is -0.505 e. The summed E-state index contributed by atoms with van der Waals surface area (Å²) in [6, 6.07) is 12.6. The molecule has 0 atom stereocenters. The lowest BCUT2D eigenvalue weighted by Gasteiger charge is -2.12. The molecule has 0 aliphatic heterocycles. The average Bonchev–Trinajstić information content (AvgIpc) is 3.23. The zero-order valence-electron chi connectivity index (χ0n) is 16.3. The lowest BCUT2D eigenvalue weighted by atomic mass is 10.0. The number of aromatic nitrogens is 3. The van der Waals surface area contributed by atoms with Gasteiger partial charge in [0.2, 0.25) is 0 Å². The van der Waals surface area contributed by atoms with Gasteiger partial charge in [0.25, 0.3) is 5.91 Å². The molecule has 4 rings (SSSR count). The van der Waals surface area contributed by atoms with Crippen LogP contribution in [0.1, 0.15) is 24.3 Å². The van der Waals surface area contributed by atoms with Crippen molar-refractivity contribution < 1.29 is 19.8 Å². The summed E-state index contributed by atoms with van der Waals surface area (Å²) in [4.78, 5) is 27.3. The number of nitrogens with one attached hydrogen (secondary N) is 1. The quantitative estimate of drug-likeness (QED) is 0.457. The standard InChI is InChI=1S/C19H13ClN4O4.C2H6/c20-12-4-1-10(2-5-12)11-3-6-13-14(7-11)18-22-9-23-24(18)16(17(13)27)19(28)21-8-15(25)26;1-2/h1-7,9,27H,8H2,(H,21,28)(H,25,26);1-2H3. The van der Waals surface area contributed by atoms with Crippen LogP contribution in [0.4, 0.5) is 0 Å². The van der Waals surface area contributed by atoms with Gasteiger partial charge in [-0.25, -0.2) is 9.50 Å². The van der Waals surface area contributed by atoms with Crippen molar-refractivity contribution in [3.05, 3.63) is 59.5 Å². The largest absolute Gasteiger partial charge is 0.505 e. The first-order chi connectivity index (χ1) is 14.5. The van der Waals surface area contributed by atoms with Gasteiger partial charge >= 0.3 is 5.97 Å². The second kappa shape index (κ2) is 8.79. The van der Waals surface area contributed by atoms with Crippen LogP contribution in [-0.2, 0) is 4.79 Å². The van der Waals surface area contributed by atoms with E-state index in [1.165, 1.54) is 10.8 Å². The van der Waals surface area contributed by atoms with E-state index in [1.54, 1.807) is 24.3 Å². The number of aliphatic carboxylic acids is 1. The Kier molecular flexibility index (Phi) is 6.17. The van der Waals surface area contributed by atoms with Gasteiger partial charge in [-0.15, -0.1) is 0 Å². The summed E-state index contributed by atoms with van der Waals surface area (Å²) in [6.07, 6.45) is 1.26. The zero-order chi connectivity index (χ0) is 21.8. The van der Waals surface area contributed by atoms with Gasteiger partial charge in [-0.3, -0.25) is 9.59 Å². The molecule has 2 aromatic heterocycles. The second-order valence-electron chi connectivity index (χ2n) is 6.04. The van der Waals surface area contributed by atoms with Gasteiger partial charge in [0.15, 0.2) is 17.1 Å². The van der Waals surface area contributed by atoms with Crippen molar-refractivity contribution in [1.82, 2.24) is 19.9 Å². The summed E-state index contributed by atoms with van der Waals surface area (Å²) < 4.78 is 1.19. The van der Waals surface area contributed by atoms with Gasteiger partial charge in [0.1, 0.15) is 12.9 Å². The third kappa shape index (κ3) is 3.90. The van der Waals surface area contributed by atoms with Crippen molar-refractivity contribution in [2.45, 2.75) is 13.8 Å². The van der Waals surface area contributed by atoms with E-state index < -0.39 is 18.4 Å². The molecule has 0 bridgehead atoms. The molecular formula is C21H19ClN4O4. The Bertz CT molecular complexity index is 1240. The lowest BCUT2D eigenvalue weighted by molar-refractivity contribution is -0.135. The fourth-order valence-electron chi connectivity index (χ4n) is 3.02. The highest BCUT2D eigenvalue weighted by molar-refractivity contribution is 6.30. The molecule has 1 amide bonds. The highest BCUT2D eigenvalue weighted by Crippen LogP contribution is 2.34. The maximum Gasteiger partial charge on any atom is 0.322 e. The van der Waals surface area contributed by atoms with Gasteiger partial charge in [-0.05, 0) is 35.4 Å². The number of nitrogens with zero attached hydrogens (tertiary/aromatic N) is 3. The topological polar surface area (TPSA) is 117 Å². The molecular weight excluding hydrogens is 408 g/mol. The molecule has 2 heterocycles. The minimum absolute atomic E-state index is 0.180. The van der Waals surface area contributed by atoms with Crippen LogP contribution in [0.5, 0.6) is 5.75 Å². The Morgan fingerprint density at radius 1 is 1.07 bits per heavy atom. The molecule has 30 heavy (non-hydrogen) atoms. The molecule has 0 unspecified atom stereocenters. The molecule has 0 saturated heterocycles. The molecule has 0 radical (unpaired) electrons. The van der Waals surface area contributed by atoms with Crippen LogP contribution < -0.4 is 5.32 Å². The van der Waals surface area contributed by atoms with E-state index in [2.05, 4.69) is 15.4 Å². The van der Waals surface area contributed by atoms with E-state index >= 15 is 0 Å². The highest BCUT2D eigenvalue weighted by Gasteiger charge is 2.22. The Morgan fingerprint density at radius 2 is 1.73 bits per heavy atom. The maximum absolute atomic E-state index is 12.4. The molecule has 4 aromatic rings. The molecule has 0 aliphatic carbocycles. The van der Waals surface area contributed by atoms with Gasteiger partial charge in [0.05, 0.1) is 0 Å². The van der Waals surface area contributed by atoms with Crippen molar-refractivity contribution >= 4 is 39.9 Å². The number of carbonyl (C=O) groups is 2. The normalized spacial score (nSPS) is 10.5. The third-order valence-electron chi connectivity index (χ3n) is 4.29. The lowest BCUT2D eigenvalue weighted by Crippen LogP contribution is -2.31. The van der Waals surface area contributed by atoms with Crippen molar-refractivity contribution in [2.75, 3.05) is 6.54 Å². The summed E-state index contributed by atoms with van der Waals surface area (Å²) in [5.74, 6) is -2.27. The molecule has 2 aromatic carbocycles. The molecule has 154 valence electrons. The SMILES string of the molecule is CC.O=C(O)CNC(=O)c1c(O)c2ccc(-c3ccc(Cl)cc3)cc2c2ncnn12. The van der Waals surface area contributed by atoms with Crippen molar-refractivity contribution in [3.8, 4) is 16.9 Å². The number of rotatable bonds is 4. The van der Waals surface area contributed by atoms with Crippen molar-refractivity contribution in [1.29, 1.82) is 0 Å². The van der Waals surface area contributed by atoms with Crippen LogP contribution in [0.2, 0.25) is 5.02 Å². The molecule has 0 saturated carbocycles. The number of hydrogen-bond donors (Lipinski definition) is 3. The molecule has 0 spiro atoms. The Hall–Kier alpha value is -3.65. The number of hydrogen-bond acceptors (Lipinski definition) is 5. The summed E-state index contributed by atoms with van der Waals surface area (Å²) in [6.45, 7) is 3.42. The summed E-state index contributed by atoms with van der Waals surface area (Å²) in [7, 11) is 0. The van der Waals surface area contributed by atoms with Crippen LogP contribution in [-0.4, -0.2) is 43.2 Å². The minimum atomic E-state index is -1.20. The number of amides is 1. The molecule has 0 fully saturated rings. The van der Waals surface area contributed by atoms with E-state index in [-0.39, 0.29) is 11.4 Å². The Balaban J connectivity index is 0.00000124. The van der Waals surface area contributed by atoms with Crippen LogP contribution in [0, 0.1) is 0 Å². The first kappa shape index (κ1) is 21.1. The highest BCUT2D eigenvalue weighted by atomic mass is 35.5. The summed E-state index contributed by atoms with van der Waals surface area (Å²) >= 11 is 5.94. The molecule has 9 heteroatoms. The number of pyridine rings is 1. The first-order valence-corrected chi connectivity index (χ1v) is 9.58. The first-order valence-electron chi connectivity index (χ1n) is 9.20. The van der Waals surface area contributed by atoms with E-state index in [1.807, 2.05) is 32.0 Å².